The van der Waals surface area contributed by atoms with E-state index in [2.05, 4.69) is 13.8 Å². The summed E-state index contributed by atoms with van der Waals surface area (Å²) in [5.41, 5.74) is -1.79. The molecule has 0 radical (unpaired) electrons. The topological polar surface area (TPSA) is 29.1 Å². The van der Waals surface area contributed by atoms with Crippen molar-refractivity contribution in [3.8, 4) is 0 Å². The number of anilines is 1. The van der Waals surface area contributed by atoms with Crippen LogP contribution < -0.4 is 5.32 Å². The van der Waals surface area contributed by atoms with Gasteiger partial charge < -0.3 is 5.32 Å². The number of benzene rings is 2. The minimum Gasteiger partial charge on any atom is -0.322 e. The van der Waals surface area contributed by atoms with E-state index in [0.29, 0.717) is 23.6 Å². The van der Waals surface area contributed by atoms with Crippen molar-refractivity contribution in [3.63, 3.8) is 0 Å². The van der Waals surface area contributed by atoms with Gasteiger partial charge in [-0.05, 0) is 47.7 Å². The Morgan fingerprint density at radius 3 is 1.90 bits per heavy atom. The van der Waals surface area contributed by atoms with Gasteiger partial charge in [0, 0.05) is 11.8 Å². The average Bonchev–Trinajstić information content (AvgIpc) is 2.59. The smallest absolute Gasteiger partial charge is 0.322 e. The van der Waals surface area contributed by atoms with Gasteiger partial charge in [-0.25, -0.2) is 0 Å². The number of carbonyl (C=O) groups excluding carboxylic acids is 1. The zero-order valence-corrected chi connectivity index (χ0v) is 15.7. The summed E-state index contributed by atoms with van der Waals surface area (Å²) >= 11 is 0. The molecule has 0 bridgehead atoms. The van der Waals surface area contributed by atoms with Crippen molar-refractivity contribution in [1.82, 2.24) is 0 Å². The van der Waals surface area contributed by atoms with Crippen molar-refractivity contribution >= 4 is 17.7 Å². The Morgan fingerprint density at radius 2 is 1.45 bits per heavy atom. The molecule has 0 fully saturated rings. The van der Waals surface area contributed by atoms with Gasteiger partial charge in [0.1, 0.15) is 0 Å². The van der Waals surface area contributed by atoms with Crippen molar-refractivity contribution in [2.45, 2.75) is 32.6 Å². The van der Waals surface area contributed by atoms with Crippen LogP contribution in [0, 0.1) is 5.92 Å². The highest BCUT2D eigenvalue weighted by Crippen LogP contribution is 2.37. The first-order valence-electron chi connectivity index (χ1n) is 8.72. The first-order valence-corrected chi connectivity index (χ1v) is 8.72. The van der Waals surface area contributed by atoms with Crippen molar-refractivity contribution in [2.75, 3.05) is 5.32 Å². The van der Waals surface area contributed by atoms with Crippen molar-refractivity contribution < 1.29 is 31.1 Å². The molecule has 2 aromatic carbocycles. The van der Waals surface area contributed by atoms with Crippen molar-refractivity contribution in [3.05, 3.63) is 70.8 Å². The Hall–Kier alpha value is -2.77. The third-order valence-corrected chi connectivity index (χ3v) is 3.91. The molecule has 8 heteroatoms. The fourth-order valence-corrected chi connectivity index (χ4v) is 2.62. The maximum atomic E-state index is 12.9. The van der Waals surface area contributed by atoms with Crippen LogP contribution in [0.3, 0.4) is 0 Å². The van der Waals surface area contributed by atoms with Crippen LogP contribution in [-0.4, -0.2) is 5.91 Å². The standard InChI is InChI=1S/C21H19F6NO/c1-13(2)9-15-5-3-14(4-6-15)7-8-19(29)28-18-11-16(20(22,23)24)10-17(12-18)21(25,26)27/h3-8,10-13H,9H2,1-2H3,(H,28,29)/b8-7-. The predicted octanol–water partition coefficient (Wildman–Crippen LogP) is 6.57. The number of halogens is 6. The van der Waals surface area contributed by atoms with E-state index < -0.39 is 35.1 Å². The van der Waals surface area contributed by atoms with E-state index in [0.717, 1.165) is 18.1 Å². The minimum absolute atomic E-state index is 0.00418. The fourth-order valence-electron chi connectivity index (χ4n) is 2.62. The molecule has 156 valence electrons. The molecular weight excluding hydrogens is 396 g/mol. The molecule has 0 heterocycles. The van der Waals surface area contributed by atoms with Crippen LogP contribution in [-0.2, 0) is 23.6 Å². The van der Waals surface area contributed by atoms with Crippen molar-refractivity contribution in [1.29, 1.82) is 0 Å². The van der Waals surface area contributed by atoms with Gasteiger partial charge in [-0.2, -0.15) is 26.3 Å². The summed E-state index contributed by atoms with van der Waals surface area (Å²) in [6.07, 6.45) is -6.60. The number of rotatable bonds is 5. The van der Waals surface area contributed by atoms with Crippen LogP contribution in [0.4, 0.5) is 32.0 Å². The summed E-state index contributed by atoms with van der Waals surface area (Å²) in [6, 6.07) is 8.24. The largest absolute Gasteiger partial charge is 0.416 e. The summed E-state index contributed by atoms with van der Waals surface area (Å²) in [4.78, 5) is 12.0. The Labute approximate surface area is 164 Å². The summed E-state index contributed by atoms with van der Waals surface area (Å²) in [6.45, 7) is 4.16. The van der Waals surface area contributed by atoms with Crippen LogP contribution in [0.5, 0.6) is 0 Å². The summed E-state index contributed by atoms with van der Waals surface area (Å²) in [7, 11) is 0. The normalized spacial score (nSPS) is 12.6. The quantitative estimate of drug-likeness (QED) is 0.434. The van der Waals surface area contributed by atoms with Gasteiger partial charge in [0.2, 0.25) is 5.91 Å². The molecular formula is C21H19F6NO. The van der Waals surface area contributed by atoms with E-state index in [1.165, 1.54) is 6.08 Å². The lowest BCUT2D eigenvalue weighted by Gasteiger charge is -2.14. The molecule has 2 rings (SSSR count). The first kappa shape index (κ1) is 22.5. The number of alkyl halides is 6. The van der Waals surface area contributed by atoms with Gasteiger partial charge in [0.25, 0.3) is 0 Å². The fraction of sp³-hybridized carbons (Fsp3) is 0.286. The Morgan fingerprint density at radius 1 is 0.931 bits per heavy atom. The summed E-state index contributed by atoms with van der Waals surface area (Å²) in [5, 5.41) is 2.05. The Kier molecular flexibility index (Phi) is 6.77. The third kappa shape index (κ3) is 6.96. The average molecular weight is 415 g/mol. The lowest BCUT2D eigenvalue weighted by atomic mass is 10.0. The molecule has 1 amide bonds. The first-order chi connectivity index (χ1) is 13.3. The van der Waals surface area contributed by atoms with Gasteiger partial charge in [-0.15, -0.1) is 0 Å². The van der Waals surface area contributed by atoms with Crippen LogP contribution in [0.15, 0.2) is 48.5 Å². The van der Waals surface area contributed by atoms with E-state index in [9.17, 15) is 31.1 Å². The highest BCUT2D eigenvalue weighted by Gasteiger charge is 2.37. The predicted molar refractivity (Wildman–Crippen MR) is 99.1 cm³/mol. The maximum absolute atomic E-state index is 12.9. The SMILES string of the molecule is CC(C)Cc1ccc(/C=C\C(=O)Nc2cc(C(F)(F)F)cc(C(F)(F)F)c2)cc1. The molecule has 1 N–H and O–H groups in total. The van der Waals surface area contributed by atoms with Gasteiger partial charge in [-0.3, -0.25) is 4.79 Å². The van der Waals surface area contributed by atoms with Gasteiger partial charge in [0.05, 0.1) is 11.1 Å². The van der Waals surface area contributed by atoms with Gasteiger partial charge in [-0.1, -0.05) is 38.1 Å². The number of amides is 1. The second-order valence-corrected chi connectivity index (χ2v) is 6.96. The second kappa shape index (κ2) is 8.71. The van der Waals surface area contributed by atoms with E-state index in [-0.39, 0.29) is 6.07 Å². The van der Waals surface area contributed by atoms with Crippen LogP contribution >= 0.6 is 0 Å². The van der Waals surface area contributed by atoms with Crippen LogP contribution in [0.25, 0.3) is 6.08 Å². The van der Waals surface area contributed by atoms with Gasteiger partial charge >= 0.3 is 12.4 Å². The van der Waals surface area contributed by atoms with Gasteiger partial charge in [0.15, 0.2) is 0 Å². The lowest BCUT2D eigenvalue weighted by molar-refractivity contribution is -0.143. The zero-order chi connectivity index (χ0) is 21.8. The molecule has 0 unspecified atom stereocenters. The van der Waals surface area contributed by atoms with Crippen LogP contribution in [0.1, 0.15) is 36.1 Å². The Bertz CT molecular complexity index is 847. The summed E-state index contributed by atoms with van der Waals surface area (Å²) < 4.78 is 77.2. The van der Waals surface area contributed by atoms with E-state index >= 15 is 0 Å². The molecule has 0 spiro atoms. The Balaban J connectivity index is 2.16. The minimum atomic E-state index is -4.98. The molecule has 0 aliphatic heterocycles. The monoisotopic (exact) mass is 415 g/mol. The van der Waals surface area contributed by atoms with E-state index in [4.69, 9.17) is 0 Å². The molecule has 0 saturated carbocycles. The van der Waals surface area contributed by atoms with E-state index in [1.54, 1.807) is 12.1 Å². The summed E-state index contributed by atoms with van der Waals surface area (Å²) in [5.74, 6) is -0.361. The molecule has 2 aromatic rings. The molecule has 0 aliphatic rings. The highest BCUT2D eigenvalue weighted by molar-refractivity contribution is 6.02. The van der Waals surface area contributed by atoms with Crippen molar-refractivity contribution in [2.24, 2.45) is 5.92 Å². The molecule has 2 nitrogen and oxygen atoms in total. The maximum Gasteiger partial charge on any atom is 0.416 e. The number of carbonyl (C=O) groups is 1. The second-order valence-electron chi connectivity index (χ2n) is 6.96. The lowest BCUT2D eigenvalue weighted by Crippen LogP contribution is -2.14. The third-order valence-electron chi connectivity index (χ3n) is 3.91. The van der Waals surface area contributed by atoms with Crippen LogP contribution in [0.2, 0.25) is 0 Å². The zero-order valence-electron chi connectivity index (χ0n) is 15.7. The highest BCUT2D eigenvalue weighted by atomic mass is 19.4. The molecule has 0 aromatic heterocycles. The number of nitrogens with one attached hydrogen (secondary N) is 1. The number of hydrogen-bond donors (Lipinski definition) is 1. The molecule has 0 saturated heterocycles. The molecule has 0 aliphatic carbocycles. The van der Waals surface area contributed by atoms with E-state index in [1.807, 2.05) is 17.4 Å². The number of hydrogen-bond acceptors (Lipinski definition) is 1. The molecule has 0 atom stereocenters. The molecule has 29 heavy (non-hydrogen) atoms.